The molecule has 0 aliphatic carbocycles. The Balaban J connectivity index is 0.00000192. The predicted molar refractivity (Wildman–Crippen MR) is 93.2 cm³/mol. The lowest BCUT2D eigenvalue weighted by Gasteiger charge is -2.27. The molecule has 0 saturated carbocycles. The number of hydrogen-bond acceptors (Lipinski definition) is 3. The molecule has 3 rings (SSSR count). The van der Waals surface area contributed by atoms with E-state index in [4.69, 9.17) is 0 Å². The fourth-order valence-electron chi connectivity index (χ4n) is 3.16. The molecule has 6 heteroatoms. The molecule has 2 heterocycles. The van der Waals surface area contributed by atoms with E-state index in [2.05, 4.69) is 40.0 Å². The molecule has 2 N–H and O–H groups in total. The largest absolute Gasteiger partial charge is 0.350 e. The van der Waals surface area contributed by atoms with Crippen molar-refractivity contribution < 1.29 is 4.79 Å². The number of hydrogen-bond donors (Lipinski definition) is 2. The van der Waals surface area contributed by atoms with E-state index >= 15 is 0 Å². The lowest BCUT2D eigenvalue weighted by molar-refractivity contribution is 0.0948. The molecular weight excluding hydrogens is 312 g/mol. The van der Waals surface area contributed by atoms with Crippen molar-refractivity contribution >= 4 is 18.3 Å². The van der Waals surface area contributed by atoms with Gasteiger partial charge in [-0.05, 0) is 37.9 Å². The highest BCUT2D eigenvalue weighted by molar-refractivity contribution is 5.96. The number of carbonyl (C=O) groups is 1. The van der Waals surface area contributed by atoms with Gasteiger partial charge in [-0.1, -0.05) is 24.3 Å². The van der Waals surface area contributed by atoms with E-state index in [1.54, 1.807) is 4.68 Å². The SMILES string of the molecule is Cc1nn(C)c(C)c1C(=O)NCC1NCCc2ccccc21.Cl. The normalized spacial score (nSPS) is 16.4. The van der Waals surface area contributed by atoms with Crippen molar-refractivity contribution in [3.05, 3.63) is 52.3 Å². The lowest BCUT2D eigenvalue weighted by atomic mass is 9.94. The van der Waals surface area contributed by atoms with Crippen molar-refractivity contribution in [1.82, 2.24) is 20.4 Å². The number of amides is 1. The zero-order valence-electron chi connectivity index (χ0n) is 13.7. The average Bonchev–Trinajstić information content (AvgIpc) is 2.77. The number of benzene rings is 1. The Morgan fingerprint density at radius 2 is 2.13 bits per heavy atom. The summed E-state index contributed by atoms with van der Waals surface area (Å²) in [6, 6.07) is 8.60. The van der Waals surface area contributed by atoms with Crippen molar-refractivity contribution in [2.45, 2.75) is 26.3 Å². The van der Waals surface area contributed by atoms with Gasteiger partial charge < -0.3 is 10.6 Å². The van der Waals surface area contributed by atoms with E-state index in [0.29, 0.717) is 12.1 Å². The minimum Gasteiger partial charge on any atom is -0.350 e. The summed E-state index contributed by atoms with van der Waals surface area (Å²) in [5, 5.41) is 10.8. The van der Waals surface area contributed by atoms with Crippen LogP contribution in [-0.4, -0.2) is 28.8 Å². The molecule has 5 nitrogen and oxygen atoms in total. The van der Waals surface area contributed by atoms with Gasteiger partial charge >= 0.3 is 0 Å². The van der Waals surface area contributed by atoms with Crippen molar-refractivity contribution in [3.8, 4) is 0 Å². The van der Waals surface area contributed by atoms with Gasteiger partial charge in [-0.3, -0.25) is 9.48 Å². The first-order valence-electron chi connectivity index (χ1n) is 7.67. The summed E-state index contributed by atoms with van der Waals surface area (Å²) in [4.78, 5) is 12.5. The minimum absolute atomic E-state index is 0. The van der Waals surface area contributed by atoms with E-state index < -0.39 is 0 Å². The van der Waals surface area contributed by atoms with Crippen molar-refractivity contribution in [2.75, 3.05) is 13.1 Å². The van der Waals surface area contributed by atoms with Crippen LogP contribution in [-0.2, 0) is 13.5 Å². The molecule has 1 aliphatic heterocycles. The Kier molecular flexibility index (Phi) is 5.44. The smallest absolute Gasteiger partial charge is 0.255 e. The van der Waals surface area contributed by atoms with E-state index in [1.807, 2.05) is 20.9 Å². The molecule has 1 atom stereocenters. The summed E-state index contributed by atoms with van der Waals surface area (Å²) in [6.07, 6.45) is 1.04. The molecule has 0 fully saturated rings. The topological polar surface area (TPSA) is 59.0 Å². The zero-order chi connectivity index (χ0) is 15.7. The summed E-state index contributed by atoms with van der Waals surface area (Å²) in [6.45, 7) is 5.32. The number of aromatic nitrogens is 2. The number of aryl methyl sites for hydroxylation is 2. The molecule has 1 aliphatic rings. The van der Waals surface area contributed by atoms with Crippen molar-refractivity contribution in [2.24, 2.45) is 7.05 Å². The average molecular weight is 335 g/mol. The Hall–Kier alpha value is -1.85. The number of nitrogens with zero attached hydrogens (tertiary/aromatic N) is 2. The first kappa shape index (κ1) is 17.5. The molecular formula is C17H23ClN4O. The monoisotopic (exact) mass is 334 g/mol. The van der Waals surface area contributed by atoms with Gasteiger partial charge in [0, 0.05) is 25.3 Å². The Bertz CT molecular complexity index is 711. The molecule has 0 spiro atoms. The van der Waals surface area contributed by atoms with Gasteiger partial charge in [-0.25, -0.2) is 0 Å². The minimum atomic E-state index is -0.0482. The fraction of sp³-hybridized carbons (Fsp3) is 0.412. The van der Waals surface area contributed by atoms with Gasteiger partial charge in [0.05, 0.1) is 11.3 Å². The third-order valence-corrected chi connectivity index (χ3v) is 4.42. The third-order valence-electron chi connectivity index (χ3n) is 4.42. The molecule has 0 saturated heterocycles. The van der Waals surface area contributed by atoms with Crippen LogP contribution in [0.5, 0.6) is 0 Å². The number of halogens is 1. The molecule has 23 heavy (non-hydrogen) atoms. The maximum Gasteiger partial charge on any atom is 0.255 e. The number of fused-ring (bicyclic) bond motifs is 1. The molecule has 1 unspecified atom stereocenters. The van der Waals surface area contributed by atoms with Crippen molar-refractivity contribution in [3.63, 3.8) is 0 Å². The van der Waals surface area contributed by atoms with E-state index in [9.17, 15) is 4.79 Å². The number of rotatable bonds is 3. The molecule has 1 aromatic heterocycles. The van der Waals surface area contributed by atoms with E-state index in [-0.39, 0.29) is 24.4 Å². The first-order valence-corrected chi connectivity index (χ1v) is 7.67. The predicted octanol–water partition coefficient (Wildman–Crippen LogP) is 2.08. The maximum atomic E-state index is 12.5. The van der Waals surface area contributed by atoms with Gasteiger partial charge in [0.15, 0.2) is 0 Å². The van der Waals surface area contributed by atoms with Crippen LogP contribution >= 0.6 is 12.4 Å². The van der Waals surface area contributed by atoms with Crippen LogP contribution in [0.3, 0.4) is 0 Å². The highest BCUT2D eigenvalue weighted by atomic mass is 35.5. The fourth-order valence-corrected chi connectivity index (χ4v) is 3.16. The van der Waals surface area contributed by atoms with Crippen LogP contribution in [0.4, 0.5) is 0 Å². The van der Waals surface area contributed by atoms with Gasteiger partial charge in [0.2, 0.25) is 0 Å². The molecule has 0 radical (unpaired) electrons. The lowest BCUT2D eigenvalue weighted by Crippen LogP contribution is -2.39. The molecule has 1 amide bonds. The van der Waals surface area contributed by atoms with Gasteiger partial charge in [0.25, 0.3) is 5.91 Å². The summed E-state index contributed by atoms with van der Waals surface area (Å²) < 4.78 is 1.75. The standard InChI is InChI=1S/C17H22N4O.ClH/c1-11-16(12(2)21(3)20-11)17(22)19-10-15-14-7-5-4-6-13(14)8-9-18-15;/h4-7,15,18H,8-10H2,1-3H3,(H,19,22);1H. The summed E-state index contributed by atoms with van der Waals surface area (Å²) in [5.74, 6) is -0.0482. The van der Waals surface area contributed by atoms with Crippen LogP contribution in [0.1, 0.15) is 38.9 Å². The maximum absolute atomic E-state index is 12.5. The number of carbonyl (C=O) groups excluding carboxylic acids is 1. The van der Waals surface area contributed by atoms with Crippen LogP contribution in [0, 0.1) is 13.8 Å². The van der Waals surface area contributed by atoms with Crippen LogP contribution in [0.15, 0.2) is 24.3 Å². The molecule has 0 bridgehead atoms. The van der Waals surface area contributed by atoms with Gasteiger partial charge in [-0.15, -0.1) is 12.4 Å². The quantitative estimate of drug-likeness (QED) is 0.903. The van der Waals surface area contributed by atoms with E-state index in [0.717, 1.165) is 24.4 Å². The molecule has 1 aromatic carbocycles. The van der Waals surface area contributed by atoms with Crippen LogP contribution < -0.4 is 10.6 Å². The van der Waals surface area contributed by atoms with Gasteiger partial charge in [0.1, 0.15) is 0 Å². The Morgan fingerprint density at radius 3 is 2.83 bits per heavy atom. The molecule has 124 valence electrons. The zero-order valence-corrected chi connectivity index (χ0v) is 14.5. The van der Waals surface area contributed by atoms with Crippen LogP contribution in [0.25, 0.3) is 0 Å². The summed E-state index contributed by atoms with van der Waals surface area (Å²) in [7, 11) is 1.86. The van der Waals surface area contributed by atoms with Crippen molar-refractivity contribution in [1.29, 1.82) is 0 Å². The first-order chi connectivity index (χ1) is 10.6. The number of nitrogens with one attached hydrogen (secondary N) is 2. The summed E-state index contributed by atoms with van der Waals surface area (Å²) in [5.41, 5.74) is 5.01. The Morgan fingerprint density at radius 1 is 1.39 bits per heavy atom. The summed E-state index contributed by atoms with van der Waals surface area (Å²) >= 11 is 0. The van der Waals surface area contributed by atoms with Crippen LogP contribution in [0.2, 0.25) is 0 Å². The molecule has 2 aromatic rings. The second-order valence-electron chi connectivity index (χ2n) is 5.83. The van der Waals surface area contributed by atoms with E-state index in [1.165, 1.54) is 11.1 Å². The second-order valence-corrected chi connectivity index (χ2v) is 5.83. The second kappa shape index (κ2) is 7.15. The van der Waals surface area contributed by atoms with Gasteiger partial charge in [-0.2, -0.15) is 5.10 Å². The third kappa shape index (κ3) is 3.41. The highest BCUT2D eigenvalue weighted by Crippen LogP contribution is 2.22. The highest BCUT2D eigenvalue weighted by Gasteiger charge is 2.22. The Labute approximate surface area is 142 Å².